The van der Waals surface area contributed by atoms with Crippen LogP contribution in [0.5, 0.6) is 34.5 Å². The topological polar surface area (TPSA) is 173 Å². The largest absolute Gasteiger partial charge is 2.00 e. The molecule has 0 aromatic heterocycles. The van der Waals surface area contributed by atoms with E-state index in [-0.39, 0.29) is 77.1 Å². The summed E-state index contributed by atoms with van der Waals surface area (Å²) >= 11 is 0. The van der Waals surface area contributed by atoms with Gasteiger partial charge in [0.15, 0.2) is 11.5 Å². The quantitative estimate of drug-likeness (QED) is 0.0272. The molecular weight excluding hydrogens is 889 g/mol. The summed E-state index contributed by atoms with van der Waals surface area (Å²) in [5, 5.41) is 22.3. The molecule has 4 rings (SSSR count). The molecule has 65 heavy (non-hydrogen) atoms. The maximum Gasteiger partial charge on any atom is 2.00 e. The van der Waals surface area contributed by atoms with Gasteiger partial charge >= 0.3 is 37.7 Å². The third-order valence-corrected chi connectivity index (χ3v) is 13.1. The number of aromatic hydroxyl groups is 1. The molecule has 0 saturated heterocycles. The van der Waals surface area contributed by atoms with Gasteiger partial charge in [0, 0.05) is 0 Å². The van der Waals surface area contributed by atoms with Crippen LogP contribution in [0.15, 0.2) is 94.7 Å². The Hall–Kier alpha value is -2.84. The van der Waals surface area contributed by atoms with Gasteiger partial charge in [-0.2, -0.15) is 8.42 Å². The van der Waals surface area contributed by atoms with Gasteiger partial charge in [0.05, 0.1) is 4.90 Å². The monoisotopic (exact) mass is 962 g/mol. The number of rotatable bonds is 32. The van der Waals surface area contributed by atoms with Crippen molar-refractivity contribution in [2.24, 2.45) is 0 Å². The minimum Gasteiger partial charge on any atom is -0.870 e. The number of phenolic OH excluding ortho intramolecular Hbond substituents is 1. The van der Waals surface area contributed by atoms with Gasteiger partial charge in [0.25, 0.3) is 10.1 Å². The molecule has 13 heteroatoms. The molecule has 0 bridgehead atoms. The van der Waals surface area contributed by atoms with Gasteiger partial charge < -0.3 is 24.2 Å². The second-order valence-corrected chi connectivity index (χ2v) is 19.6. The fourth-order valence-electron chi connectivity index (χ4n) is 7.65. The van der Waals surface area contributed by atoms with E-state index >= 15 is 0 Å². The third-order valence-electron chi connectivity index (χ3n) is 11.4. The zero-order valence-electron chi connectivity index (χ0n) is 39.2. The van der Waals surface area contributed by atoms with Crippen molar-refractivity contribution < 1.29 is 45.6 Å². The summed E-state index contributed by atoms with van der Waals surface area (Å²) < 4.78 is 77.9. The zero-order chi connectivity index (χ0) is 46.5. The van der Waals surface area contributed by atoms with Crippen LogP contribution in [0, 0.1) is 0 Å². The number of ether oxygens (including phenoxy) is 2. The van der Waals surface area contributed by atoms with Crippen LogP contribution in [0.2, 0.25) is 0 Å². The molecule has 2 N–H and O–H groups in total. The van der Waals surface area contributed by atoms with E-state index in [1.54, 1.807) is 36.4 Å². The van der Waals surface area contributed by atoms with Crippen molar-refractivity contribution in [3.8, 4) is 34.5 Å². The predicted octanol–water partition coefficient (Wildman–Crippen LogP) is 14.0. The van der Waals surface area contributed by atoms with E-state index in [4.69, 9.17) is 9.47 Å². The van der Waals surface area contributed by atoms with Crippen LogP contribution < -0.4 is 14.6 Å². The van der Waals surface area contributed by atoms with Crippen molar-refractivity contribution in [3.05, 3.63) is 96.1 Å². The van der Waals surface area contributed by atoms with Crippen molar-refractivity contribution in [2.45, 2.75) is 191 Å². The second kappa shape index (κ2) is 33.6. The van der Waals surface area contributed by atoms with E-state index < -0.39 is 25.1 Å². The number of hydrogen-bond acceptors (Lipinski definition) is 9. The Bertz CT molecular complexity index is 1970. The Labute approximate surface area is 421 Å². The molecule has 4 aromatic rings. The van der Waals surface area contributed by atoms with Crippen molar-refractivity contribution in [3.63, 3.8) is 0 Å². The van der Waals surface area contributed by atoms with Gasteiger partial charge in [-0.3, -0.25) is 4.55 Å². The van der Waals surface area contributed by atoms with Crippen LogP contribution >= 0.6 is 0 Å². The molecule has 0 aliphatic rings. The molecule has 356 valence electrons. The van der Waals surface area contributed by atoms with Crippen molar-refractivity contribution in [1.29, 1.82) is 0 Å². The fraction of sp³-hybridized carbons (Fsp3) is 0.538. The Balaban J connectivity index is 0.000000440. The molecule has 0 aliphatic carbocycles. The summed E-state index contributed by atoms with van der Waals surface area (Å²) in [7, 11) is -9.11. The van der Waals surface area contributed by atoms with Gasteiger partial charge in [-0.15, -0.1) is 0 Å². The summed E-state index contributed by atoms with van der Waals surface area (Å²) in [4.78, 5) is -0.795. The molecule has 0 heterocycles. The second-order valence-electron chi connectivity index (χ2n) is 16.9. The van der Waals surface area contributed by atoms with Crippen LogP contribution in [0.1, 0.15) is 179 Å². The number of benzene rings is 4. The first-order valence-electron chi connectivity index (χ1n) is 23.9. The number of unbranched alkanes of at least 4 members (excludes halogenated alkanes) is 22. The molecule has 4 aromatic carbocycles. The number of aryl methyl sites for hydroxylation is 2. The van der Waals surface area contributed by atoms with E-state index in [0.717, 1.165) is 43.2 Å². The first-order chi connectivity index (χ1) is 30.8. The molecule has 0 unspecified atom stereocenters. The van der Waals surface area contributed by atoms with Gasteiger partial charge in [0.2, 0.25) is 0 Å². The molecule has 10 nitrogen and oxygen atoms in total. The van der Waals surface area contributed by atoms with Crippen LogP contribution in [-0.4, -0.2) is 68.8 Å². The van der Waals surface area contributed by atoms with Gasteiger partial charge in [-0.05, 0) is 79.3 Å². The summed E-state index contributed by atoms with van der Waals surface area (Å²) in [5.74, 6) is -0.347. The summed E-state index contributed by atoms with van der Waals surface area (Å²) in [6, 6.07) is 21.4. The first kappa shape index (κ1) is 58.3. The zero-order valence-corrected chi connectivity index (χ0v) is 43.0. The molecule has 0 fully saturated rings. The molecule has 0 radical (unpaired) electrons. The van der Waals surface area contributed by atoms with Crippen LogP contribution in [0.4, 0.5) is 0 Å². The summed E-state index contributed by atoms with van der Waals surface area (Å²) in [6.07, 6.45) is 32.7. The van der Waals surface area contributed by atoms with E-state index in [1.807, 2.05) is 6.07 Å². The van der Waals surface area contributed by atoms with Gasteiger partial charge in [0.1, 0.15) is 32.3 Å². The van der Waals surface area contributed by atoms with Crippen LogP contribution in [-0.2, 0) is 33.1 Å². The maximum absolute atomic E-state index is 12.2. The molecule has 0 amide bonds. The molecule has 0 aliphatic heterocycles. The van der Waals surface area contributed by atoms with Crippen molar-refractivity contribution in [2.75, 3.05) is 0 Å². The minimum atomic E-state index is -4.69. The molecular formula is C52H74CaO10S2. The Kier molecular flexibility index (Phi) is 30.1. The smallest absolute Gasteiger partial charge is 0.870 e. The molecule has 0 saturated carbocycles. The SMILES string of the molecule is CCCCCCCCCCCCCCc1ccc(O)c(Oc2ccccc2S(=O)(=O)O)c1.CCCCCCCCCCCCCCc1ccc([O-])c(Oc2ccccc2S(=O)(=O)[O-])c1.[Ca+2]. The fourth-order valence-corrected chi connectivity index (χ4v) is 8.87. The van der Waals surface area contributed by atoms with Crippen molar-refractivity contribution in [1.82, 2.24) is 0 Å². The Morgan fingerprint density at radius 1 is 0.462 bits per heavy atom. The average Bonchev–Trinajstić information content (AvgIpc) is 3.26. The minimum absolute atomic E-state index is 0. The first-order valence-corrected chi connectivity index (χ1v) is 26.8. The summed E-state index contributed by atoms with van der Waals surface area (Å²) in [5.41, 5.74) is 1.99. The number of hydrogen-bond donors (Lipinski definition) is 2. The van der Waals surface area contributed by atoms with Gasteiger partial charge in [-0.25, -0.2) is 8.42 Å². The summed E-state index contributed by atoms with van der Waals surface area (Å²) in [6.45, 7) is 4.50. The number of para-hydroxylation sites is 2. The maximum atomic E-state index is 12.2. The standard InChI is InChI=1S/2C26H38O5S.Ca/c2*1-2-3-4-5-6-7-8-9-10-11-12-13-16-22-19-20-23(27)25(21-22)31-24-17-14-15-18-26(24)32(28,29)30;/h2*14-15,17-21,27H,2-13,16H2,1H3,(H,28,29,30);/q;;+2/p-2. The van der Waals surface area contributed by atoms with Gasteiger partial charge in [-0.1, -0.05) is 203 Å². The predicted molar refractivity (Wildman–Crippen MR) is 260 cm³/mol. The van der Waals surface area contributed by atoms with Crippen LogP contribution in [0.3, 0.4) is 0 Å². The van der Waals surface area contributed by atoms with Crippen molar-refractivity contribution >= 4 is 58.0 Å². The van der Waals surface area contributed by atoms with E-state index in [9.17, 15) is 36.2 Å². The van der Waals surface area contributed by atoms with E-state index in [2.05, 4.69) is 13.8 Å². The Morgan fingerprint density at radius 3 is 1.25 bits per heavy atom. The Morgan fingerprint density at radius 2 is 0.815 bits per heavy atom. The van der Waals surface area contributed by atoms with E-state index in [1.165, 1.54) is 177 Å². The van der Waals surface area contributed by atoms with E-state index in [0.29, 0.717) is 0 Å². The number of phenols is 1. The third kappa shape index (κ3) is 24.7. The normalized spacial score (nSPS) is 11.4. The van der Waals surface area contributed by atoms with Crippen LogP contribution in [0.25, 0.3) is 0 Å². The average molecular weight is 963 g/mol. The molecule has 0 atom stereocenters. The molecule has 0 spiro atoms.